The number of rotatable bonds is 7. The zero-order valence-corrected chi connectivity index (χ0v) is 13.5. The molecule has 21 heavy (non-hydrogen) atoms. The van der Waals surface area contributed by atoms with E-state index in [1.807, 2.05) is 38.4 Å². The number of nitrogen functional groups attached to an aromatic ring is 1. The van der Waals surface area contributed by atoms with Crippen LogP contribution in [0.1, 0.15) is 25.8 Å². The monoisotopic (exact) mass is 289 g/mol. The third kappa shape index (κ3) is 7.51. The van der Waals surface area contributed by atoms with Gasteiger partial charge in [-0.3, -0.25) is 4.79 Å². The Bertz CT molecular complexity index is 471. The van der Waals surface area contributed by atoms with Gasteiger partial charge in [-0.15, -0.1) is 0 Å². The number of likely N-dealkylation sites (N-methyl/N-ethyl adjacent to an activating group) is 1. The quantitative estimate of drug-likeness (QED) is 0.598. The summed E-state index contributed by atoms with van der Waals surface area (Å²) in [4.78, 5) is 14.1. The van der Waals surface area contributed by atoms with Crippen LogP contribution in [0.5, 0.6) is 0 Å². The molecule has 3 N–H and O–H groups in total. The van der Waals surface area contributed by atoms with Crippen LogP contribution in [-0.4, -0.2) is 37.5 Å². The van der Waals surface area contributed by atoms with Crippen LogP contribution in [0.2, 0.25) is 0 Å². The smallest absolute Gasteiger partial charge is 0.244 e. The molecule has 1 atom stereocenters. The maximum absolute atomic E-state index is 12.0. The number of carbonyl (C=O) groups is 1. The fourth-order valence-electron chi connectivity index (χ4n) is 2.27. The van der Waals surface area contributed by atoms with Gasteiger partial charge >= 0.3 is 0 Å². The second kappa shape index (κ2) is 8.47. The molecule has 1 rings (SSSR count). The van der Waals surface area contributed by atoms with E-state index in [9.17, 15) is 4.79 Å². The van der Waals surface area contributed by atoms with Crippen LogP contribution in [0.25, 0.3) is 6.08 Å². The van der Waals surface area contributed by atoms with Gasteiger partial charge < -0.3 is 16.0 Å². The molecule has 0 bridgehead atoms. The van der Waals surface area contributed by atoms with Crippen LogP contribution in [0.3, 0.4) is 0 Å². The number of hydrogen-bond acceptors (Lipinski definition) is 3. The second-order valence-corrected chi connectivity index (χ2v) is 6.10. The van der Waals surface area contributed by atoms with Crippen LogP contribution < -0.4 is 11.1 Å². The number of hydrogen-bond donors (Lipinski definition) is 2. The predicted molar refractivity (Wildman–Crippen MR) is 89.8 cm³/mol. The standard InChI is InChI=1S/C17H27N3O/c1-13(2)10-16(12-20(3)4)19-17(21)9-8-14-6-5-7-15(18)11-14/h5-9,11,13,16H,10,12,18H2,1-4H3,(H,19,21)/b9-8+. The first kappa shape index (κ1) is 17.2. The maximum atomic E-state index is 12.0. The molecule has 0 fully saturated rings. The largest absolute Gasteiger partial charge is 0.399 e. The van der Waals surface area contributed by atoms with E-state index < -0.39 is 0 Å². The molecule has 0 aliphatic heterocycles. The van der Waals surface area contributed by atoms with E-state index in [1.165, 1.54) is 0 Å². The normalized spacial score (nSPS) is 13.0. The van der Waals surface area contributed by atoms with E-state index in [2.05, 4.69) is 24.1 Å². The molecule has 0 radical (unpaired) electrons. The number of carbonyl (C=O) groups excluding carboxylic acids is 1. The summed E-state index contributed by atoms with van der Waals surface area (Å²) in [6.45, 7) is 5.17. The maximum Gasteiger partial charge on any atom is 0.244 e. The van der Waals surface area contributed by atoms with Crippen molar-refractivity contribution in [2.24, 2.45) is 5.92 Å². The molecule has 0 aliphatic carbocycles. The summed E-state index contributed by atoms with van der Waals surface area (Å²) < 4.78 is 0. The van der Waals surface area contributed by atoms with Crippen LogP contribution >= 0.6 is 0 Å². The zero-order valence-electron chi connectivity index (χ0n) is 13.5. The summed E-state index contributed by atoms with van der Waals surface area (Å²) in [5, 5.41) is 3.07. The number of amides is 1. The first-order valence-corrected chi connectivity index (χ1v) is 7.35. The lowest BCUT2D eigenvalue weighted by Gasteiger charge is -2.23. The summed E-state index contributed by atoms with van der Waals surface area (Å²) in [5.41, 5.74) is 7.34. The minimum absolute atomic E-state index is 0.0649. The Morgan fingerprint density at radius 1 is 1.38 bits per heavy atom. The molecular weight excluding hydrogens is 262 g/mol. The molecule has 0 spiro atoms. The summed E-state index contributed by atoms with van der Waals surface area (Å²) in [6, 6.07) is 7.63. The van der Waals surface area contributed by atoms with Gasteiger partial charge in [-0.25, -0.2) is 0 Å². The van der Waals surface area contributed by atoms with Gasteiger partial charge in [0.1, 0.15) is 0 Å². The average Bonchev–Trinajstić information content (AvgIpc) is 2.34. The molecule has 4 heteroatoms. The molecule has 1 aromatic carbocycles. The fraction of sp³-hybridized carbons (Fsp3) is 0.471. The van der Waals surface area contributed by atoms with Crippen molar-refractivity contribution in [1.82, 2.24) is 10.2 Å². The highest BCUT2D eigenvalue weighted by molar-refractivity contribution is 5.92. The highest BCUT2D eigenvalue weighted by Crippen LogP contribution is 2.09. The molecule has 0 saturated heterocycles. The topological polar surface area (TPSA) is 58.4 Å². The molecule has 116 valence electrons. The number of benzene rings is 1. The Hall–Kier alpha value is -1.81. The lowest BCUT2D eigenvalue weighted by Crippen LogP contribution is -2.41. The van der Waals surface area contributed by atoms with Gasteiger partial charge in [0.05, 0.1) is 0 Å². The van der Waals surface area contributed by atoms with Crippen LogP contribution in [0.15, 0.2) is 30.3 Å². The molecule has 1 aromatic rings. The van der Waals surface area contributed by atoms with Gasteiger partial charge in [0.15, 0.2) is 0 Å². The SMILES string of the molecule is CC(C)CC(CN(C)C)NC(=O)/C=C/c1cccc(N)c1. The third-order valence-corrected chi connectivity index (χ3v) is 3.03. The van der Waals surface area contributed by atoms with E-state index >= 15 is 0 Å². The molecule has 1 unspecified atom stereocenters. The summed E-state index contributed by atoms with van der Waals surface area (Å²) in [6.07, 6.45) is 4.32. The van der Waals surface area contributed by atoms with Crippen molar-refractivity contribution in [3.8, 4) is 0 Å². The van der Waals surface area contributed by atoms with E-state index in [0.29, 0.717) is 11.6 Å². The first-order valence-electron chi connectivity index (χ1n) is 7.35. The van der Waals surface area contributed by atoms with Crippen molar-refractivity contribution < 1.29 is 4.79 Å². The van der Waals surface area contributed by atoms with E-state index in [-0.39, 0.29) is 11.9 Å². The lowest BCUT2D eigenvalue weighted by atomic mass is 10.0. The van der Waals surface area contributed by atoms with Gasteiger partial charge in [0.2, 0.25) is 5.91 Å². The van der Waals surface area contributed by atoms with Gasteiger partial charge in [0.25, 0.3) is 0 Å². The number of nitrogens with zero attached hydrogens (tertiary/aromatic N) is 1. The summed E-state index contributed by atoms with van der Waals surface area (Å²) >= 11 is 0. The number of anilines is 1. The number of nitrogens with one attached hydrogen (secondary N) is 1. The molecule has 0 heterocycles. The first-order chi connectivity index (χ1) is 9.86. The van der Waals surface area contributed by atoms with E-state index in [4.69, 9.17) is 5.73 Å². The van der Waals surface area contributed by atoms with Gasteiger partial charge in [0, 0.05) is 24.4 Å². The molecule has 0 saturated carbocycles. The minimum atomic E-state index is -0.0649. The third-order valence-electron chi connectivity index (χ3n) is 3.03. The lowest BCUT2D eigenvalue weighted by molar-refractivity contribution is -0.117. The van der Waals surface area contributed by atoms with Gasteiger partial charge in [-0.1, -0.05) is 26.0 Å². The highest BCUT2D eigenvalue weighted by Gasteiger charge is 2.13. The molecule has 0 aromatic heterocycles. The Labute approximate surface area is 128 Å². The Morgan fingerprint density at radius 2 is 2.10 bits per heavy atom. The van der Waals surface area contributed by atoms with Crippen molar-refractivity contribution in [2.75, 3.05) is 26.4 Å². The van der Waals surface area contributed by atoms with Crippen molar-refractivity contribution in [3.63, 3.8) is 0 Å². The number of nitrogens with two attached hydrogens (primary N) is 1. The Morgan fingerprint density at radius 3 is 2.67 bits per heavy atom. The van der Waals surface area contributed by atoms with E-state index in [0.717, 1.165) is 18.5 Å². The molecule has 0 aliphatic rings. The zero-order chi connectivity index (χ0) is 15.8. The van der Waals surface area contributed by atoms with Crippen LogP contribution in [0.4, 0.5) is 5.69 Å². The van der Waals surface area contributed by atoms with Crippen LogP contribution in [0, 0.1) is 5.92 Å². The second-order valence-electron chi connectivity index (χ2n) is 6.10. The highest BCUT2D eigenvalue weighted by atomic mass is 16.1. The van der Waals surface area contributed by atoms with Crippen molar-refractivity contribution in [3.05, 3.63) is 35.9 Å². The summed E-state index contributed by atoms with van der Waals surface area (Å²) in [5.74, 6) is 0.484. The van der Waals surface area contributed by atoms with Crippen LogP contribution in [-0.2, 0) is 4.79 Å². The van der Waals surface area contributed by atoms with Gasteiger partial charge in [-0.05, 0) is 50.2 Å². The molecule has 4 nitrogen and oxygen atoms in total. The van der Waals surface area contributed by atoms with Crippen molar-refractivity contribution in [2.45, 2.75) is 26.3 Å². The summed E-state index contributed by atoms with van der Waals surface area (Å²) in [7, 11) is 4.03. The van der Waals surface area contributed by atoms with Crippen molar-refractivity contribution >= 4 is 17.7 Å². The predicted octanol–water partition coefficient (Wildman–Crippen LogP) is 2.37. The fourth-order valence-corrected chi connectivity index (χ4v) is 2.27. The Balaban J connectivity index is 2.60. The van der Waals surface area contributed by atoms with Crippen molar-refractivity contribution in [1.29, 1.82) is 0 Å². The molecule has 1 amide bonds. The van der Waals surface area contributed by atoms with Gasteiger partial charge in [-0.2, -0.15) is 0 Å². The molecular formula is C17H27N3O. The van der Waals surface area contributed by atoms with E-state index in [1.54, 1.807) is 12.2 Å². The minimum Gasteiger partial charge on any atom is -0.399 e. The Kier molecular flexibility index (Phi) is 6.96. The average molecular weight is 289 g/mol.